The van der Waals surface area contributed by atoms with Gasteiger partial charge < -0.3 is 15.0 Å². The topological polar surface area (TPSA) is 107 Å². The Morgan fingerprint density at radius 2 is 2.06 bits per heavy atom. The summed E-state index contributed by atoms with van der Waals surface area (Å²) in [6.07, 6.45) is 5.91. The molecule has 36 heavy (non-hydrogen) atoms. The van der Waals surface area contributed by atoms with Crippen LogP contribution in [0.3, 0.4) is 0 Å². The number of carbonyl (C=O) groups excluding carboxylic acids is 2. The molecule has 4 rings (SSSR count). The first-order chi connectivity index (χ1) is 17.3. The summed E-state index contributed by atoms with van der Waals surface area (Å²) >= 11 is 0. The minimum atomic E-state index is -3.13. The molecule has 0 radical (unpaired) electrons. The Bertz CT molecular complexity index is 1400. The Labute approximate surface area is 203 Å². The molecule has 10 nitrogen and oxygen atoms in total. The summed E-state index contributed by atoms with van der Waals surface area (Å²) in [4.78, 5) is 30.9. The molecule has 13 heteroatoms. The minimum absolute atomic E-state index is 0.0392. The van der Waals surface area contributed by atoms with E-state index in [4.69, 9.17) is 0 Å². The van der Waals surface area contributed by atoms with Crippen LogP contribution in [0.15, 0.2) is 49.1 Å². The van der Waals surface area contributed by atoms with E-state index in [1.165, 1.54) is 50.9 Å². The number of halogens is 3. The lowest BCUT2D eigenvalue weighted by Crippen LogP contribution is -2.26. The predicted molar refractivity (Wildman–Crippen MR) is 124 cm³/mol. The molecule has 0 fully saturated rings. The molecule has 2 amide bonds. The van der Waals surface area contributed by atoms with Crippen LogP contribution in [-0.4, -0.2) is 68.5 Å². The smallest absolute Gasteiger partial charge is 0.387 e. The van der Waals surface area contributed by atoms with E-state index in [0.29, 0.717) is 11.2 Å². The van der Waals surface area contributed by atoms with Gasteiger partial charge in [-0.05, 0) is 23.8 Å². The van der Waals surface area contributed by atoms with Crippen LogP contribution in [0.2, 0.25) is 0 Å². The first-order valence-corrected chi connectivity index (χ1v) is 10.8. The molecule has 0 atom stereocenters. The molecule has 3 aromatic heterocycles. The van der Waals surface area contributed by atoms with Crippen molar-refractivity contribution < 1.29 is 27.5 Å². The Kier molecular flexibility index (Phi) is 7.17. The van der Waals surface area contributed by atoms with Gasteiger partial charge in [0.15, 0.2) is 5.65 Å². The maximum Gasteiger partial charge on any atom is 0.387 e. The van der Waals surface area contributed by atoms with E-state index >= 15 is 0 Å². The molecule has 1 N–H and O–H groups in total. The average Bonchev–Trinajstić information content (AvgIpc) is 3.44. The number of rotatable bonds is 9. The highest BCUT2D eigenvalue weighted by atomic mass is 19.3. The Balaban J connectivity index is 1.79. The number of aryl methyl sites for hydroxylation is 1. The van der Waals surface area contributed by atoms with Crippen molar-refractivity contribution in [3.63, 3.8) is 0 Å². The molecule has 0 aliphatic carbocycles. The number of amides is 2. The second-order valence-electron chi connectivity index (χ2n) is 7.93. The summed E-state index contributed by atoms with van der Waals surface area (Å²) in [5, 5.41) is 11.2. The largest absolute Gasteiger partial charge is 0.434 e. The molecule has 0 saturated heterocycles. The number of nitrogens with zero attached hydrogens (tertiary/aromatic N) is 6. The number of alkyl halides is 3. The first kappa shape index (κ1) is 24.7. The molecule has 0 saturated carbocycles. The zero-order valence-electron chi connectivity index (χ0n) is 19.4. The van der Waals surface area contributed by atoms with Crippen LogP contribution < -0.4 is 10.1 Å². The van der Waals surface area contributed by atoms with Crippen LogP contribution >= 0.6 is 0 Å². The normalized spacial score (nSPS) is 11.2. The zero-order valence-corrected chi connectivity index (χ0v) is 19.4. The fourth-order valence-electron chi connectivity index (χ4n) is 3.48. The van der Waals surface area contributed by atoms with Crippen molar-refractivity contribution in [2.45, 2.75) is 19.6 Å². The van der Waals surface area contributed by atoms with Gasteiger partial charge in [-0.3, -0.25) is 18.7 Å². The van der Waals surface area contributed by atoms with E-state index in [1.807, 2.05) is 0 Å². The Morgan fingerprint density at radius 1 is 1.25 bits per heavy atom. The number of hydrogen-bond donors (Lipinski definition) is 1. The van der Waals surface area contributed by atoms with Gasteiger partial charge >= 0.3 is 6.61 Å². The third-order valence-electron chi connectivity index (χ3n) is 5.23. The second-order valence-corrected chi connectivity index (χ2v) is 7.93. The molecule has 0 unspecified atom stereocenters. The van der Waals surface area contributed by atoms with Gasteiger partial charge in [0.1, 0.15) is 23.6 Å². The summed E-state index contributed by atoms with van der Waals surface area (Å²) < 4.78 is 46.6. The van der Waals surface area contributed by atoms with Crippen molar-refractivity contribution in [3.8, 4) is 17.0 Å². The van der Waals surface area contributed by atoms with Gasteiger partial charge in [-0.15, -0.1) is 0 Å². The standard InChI is InChI=1S/C23H22F3N7O3/c1-31(2)19(34)13-32-12-17(29-22(35)16-11-28-33-9-3-8-27-21(16)33)20(30-32)15-10-14(6-7-24)4-5-18(15)36-23(25)26/h3-5,8-12,23H,6-7,13H2,1-2H3,(H,29,35). The maximum atomic E-state index is 13.1. The molecule has 0 aliphatic heterocycles. The summed E-state index contributed by atoms with van der Waals surface area (Å²) in [6, 6.07) is 5.87. The Morgan fingerprint density at radius 3 is 2.78 bits per heavy atom. The molecule has 0 aliphatic rings. The number of aromatic nitrogens is 5. The molecule has 0 bridgehead atoms. The van der Waals surface area contributed by atoms with Crippen LogP contribution in [0, 0.1) is 0 Å². The molecule has 3 heterocycles. The zero-order chi connectivity index (χ0) is 25.8. The summed E-state index contributed by atoms with van der Waals surface area (Å²) in [5.41, 5.74) is 1.27. The van der Waals surface area contributed by atoms with Gasteiger partial charge in [0.2, 0.25) is 5.91 Å². The van der Waals surface area contributed by atoms with E-state index < -0.39 is 19.2 Å². The number of nitrogens with one attached hydrogen (secondary N) is 1. The summed E-state index contributed by atoms with van der Waals surface area (Å²) in [7, 11) is 3.14. The number of carbonyl (C=O) groups is 2. The van der Waals surface area contributed by atoms with Crippen molar-refractivity contribution in [3.05, 3.63) is 60.2 Å². The van der Waals surface area contributed by atoms with E-state index in [0.717, 1.165) is 0 Å². The van der Waals surface area contributed by atoms with E-state index in [1.54, 1.807) is 26.4 Å². The highest BCUT2D eigenvalue weighted by Gasteiger charge is 2.23. The lowest BCUT2D eigenvalue weighted by molar-refractivity contribution is -0.129. The van der Waals surface area contributed by atoms with E-state index in [9.17, 15) is 22.8 Å². The number of benzene rings is 1. The van der Waals surface area contributed by atoms with Crippen molar-refractivity contribution >= 4 is 23.1 Å². The van der Waals surface area contributed by atoms with Crippen LogP contribution in [0.4, 0.5) is 18.9 Å². The highest BCUT2D eigenvalue weighted by molar-refractivity contribution is 6.09. The second kappa shape index (κ2) is 10.5. The summed E-state index contributed by atoms with van der Waals surface area (Å²) in [5.74, 6) is -1.09. The minimum Gasteiger partial charge on any atom is -0.434 e. The van der Waals surface area contributed by atoms with Gasteiger partial charge in [-0.25, -0.2) is 9.50 Å². The average molecular weight is 501 g/mol. The lowest BCUT2D eigenvalue weighted by Gasteiger charge is -2.12. The third kappa shape index (κ3) is 5.29. The van der Waals surface area contributed by atoms with Crippen LogP contribution in [0.5, 0.6) is 5.75 Å². The SMILES string of the molecule is CN(C)C(=O)Cn1cc(NC(=O)c2cnn3cccnc23)c(-c2cc(CCF)ccc2OC(F)F)n1. The van der Waals surface area contributed by atoms with E-state index in [-0.39, 0.29) is 47.1 Å². The van der Waals surface area contributed by atoms with Gasteiger partial charge in [0.05, 0.1) is 18.6 Å². The maximum absolute atomic E-state index is 13.1. The quantitative estimate of drug-likeness (QED) is 0.378. The number of ether oxygens (including phenoxy) is 1. The monoisotopic (exact) mass is 501 g/mol. The fraction of sp³-hybridized carbons (Fsp3) is 0.261. The molecule has 188 valence electrons. The summed E-state index contributed by atoms with van der Waals surface area (Å²) in [6.45, 7) is -3.97. The molecule has 4 aromatic rings. The van der Waals surface area contributed by atoms with Crippen LogP contribution in [0.25, 0.3) is 16.9 Å². The van der Waals surface area contributed by atoms with Gasteiger partial charge in [-0.2, -0.15) is 19.0 Å². The third-order valence-corrected chi connectivity index (χ3v) is 5.23. The number of fused-ring (bicyclic) bond motifs is 1. The number of anilines is 1. The van der Waals surface area contributed by atoms with Crippen molar-refractivity contribution in [2.24, 2.45) is 0 Å². The van der Waals surface area contributed by atoms with Gasteiger partial charge in [-0.1, -0.05) is 6.07 Å². The molecular formula is C23H22F3N7O3. The molecule has 1 aromatic carbocycles. The van der Waals surface area contributed by atoms with Crippen LogP contribution in [0.1, 0.15) is 15.9 Å². The predicted octanol–water partition coefficient (Wildman–Crippen LogP) is 3.05. The number of likely N-dealkylation sites (N-methyl/N-ethyl adjacent to an activating group) is 1. The van der Waals surface area contributed by atoms with Crippen LogP contribution in [-0.2, 0) is 17.8 Å². The van der Waals surface area contributed by atoms with Crippen molar-refractivity contribution in [1.29, 1.82) is 0 Å². The van der Waals surface area contributed by atoms with E-state index in [2.05, 4.69) is 25.2 Å². The number of hydrogen-bond acceptors (Lipinski definition) is 6. The highest BCUT2D eigenvalue weighted by Crippen LogP contribution is 2.36. The molecule has 0 spiro atoms. The Hall–Kier alpha value is -4.42. The van der Waals surface area contributed by atoms with Gasteiger partial charge in [0.25, 0.3) is 5.91 Å². The molecular weight excluding hydrogens is 479 g/mol. The van der Waals surface area contributed by atoms with Gasteiger partial charge in [0, 0.05) is 44.7 Å². The first-order valence-electron chi connectivity index (χ1n) is 10.8. The van der Waals surface area contributed by atoms with Crippen molar-refractivity contribution in [1.82, 2.24) is 29.3 Å². The fourth-order valence-corrected chi connectivity index (χ4v) is 3.48. The lowest BCUT2D eigenvalue weighted by atomic mass is 10.0. The van der Waals surface area contributed by atoms with Crippen molar-refractivity contribution in [2.75, 3.05) is 26.1 Å².